The van der Waals surface area contributed by atoms with E-state index in [0.29, 0.717) is 6.04 Å². The Hall–Kier alpha value is -0.610. The van der Waals surface area contributed by atoms with Crippen LogP contribution < -0.4 is 11.1 Å². The molecule has 1 aliphatic rings. The van der Waals surface area contributed by atoms with E-state index in [1.54, 1.807) is 0 Å². The number of anilines is 1. The Labute approximate surface area is 98.6 Å². The molecule has 0 spiro atoms. The van der Waals surface area contributed by atoms with Gasteiger partial charge in [-0.15, -0.1) is 0 Å². The highest BCUT2D eigenvalue weighted by Gasteiger charge is 2.24. The smallest absolute Gasteiger partial charge is 0.140 e. The van der Waals surface area contributed by atoms with Crippen LogP contribution in [0.3, 0.4) is 0 Å². The minimum Gasteiger partial charge on any atom is -0.365 e. The lowest BCUT2D eigenvalue weighted by molar-refractivity contribution is 0.635. The van der Waals surface area contributed by atoms with Crippen molar-refractivity contribution in [3.8, 4) is 0 Å². The molecule has 1 saturated carbocycles. The third-order valence-electron chi connectivity index (χ3n) is 2.97. The molecule has 2 rings (SSSR count). The van der Waals surface area contributed by atoms with Crippen molar-refractivity contribution in [1.82, 2.24) is 4.98 Å². The Morgan fingerprint density at radius 1 is 1.53 bits per heavy atom. The van der Waals surface area contributed by atoms with Crippen molar-refractivity contribution in [3.63, 3.8) is 0 Å². The van der Waals surface area contributed by atoms with Gasteiger partial charge in [-0.05, 0) is 53.7 Å². The summed E-state index contributed by atoms with van der Waals surface area (Å²) < 4.78 is 1.05. The molecule has 3 N–H and O–H groups in total. The van der Waals surface area contributed by atoms with Crippen molar-refractivity contribution in [1.29, 1.82) is 0 Å². The van der Waals surface area contributed by atoms with E-state index in [1.165, 1.54) is 12.0 Å². The normalized spacial score (nSPS) is 25.5. The molecular weight excluding hydrogens is 254 g/mol. The standard InChI is InChI=1S/C11H16BrN3/c1-7-5-6-14-11(10(7)12)15-9-4-2-3-8(9)13/h5-6,8-9H,2-4,13H2,1H3,(H,14,15). The fourth-order valence-corrected chi connectivity index (χ4v) is 2.33. The van der Waals surface area contributed by atoms with Crippen molar-refractivity contribution in [2.75, 3.05) is 5.32 Å². The summed E-state index contributed by atoms with van der Waals surface area (Å²) in [6, 6.07) is 2.62. The number of hydrogen-bond acceptors (Lipinski definition) is 3. The molecule has 2 unspecified atom stereocenters. The maximum absolute atomic E-state index is 6.01. The van der Waals surface area contributed by atoms with Gasteiger partial charge in [0, 0.05) is 18.3 Å². The number of rotatable bonds is 2. The summed E-state index contributed by atoms with van der Waals surface area (Å²) in [5.74, 6) is 0.914. The average molecular weight is 270 g/mol. The van der Waals surface area contributed by atoms with Gasteiger partial charge in [-0.1, -0.05) is 0 Å². The third kappa shape index (κ3) is 2.32. The SMILES string of the molecule is Cc1ccnc(NC2CCCC2N)c1Br. The fraction of sp³-hybridized carbons (Fsp3) is 0.545. The molecule has 0 bridgehead atoms. The number of halogens is 1. The number of nitrogens with one attached hydrogen (secondary N) is 1. The summed E-state index contributed by atoms with van der Waals surface area (Å²) in [5.41, 5.74) is 7.20. The quantitative estimate of drug-likeness (QED) is 0.867. The number of aryl methyl sites for hydroxylation is 1. The second-order valence-electron chi connectivity index (χ2n) is 4.14. The van der Waals surface area contributed by atoms with E-state index < -0.39 is 0 Å². The third-order valence-corrected chi connectivity index (χ3v) is 3.97. The highest BCUT2D eigenvalue weighted by Crippen LogP contribution is 2.27. The average Bonchev–Trinajstić information content (AvgIpc) is 2.60. The molecule has 1 aromatic heterocycles. The van der Waals surface area contributed by atoms with Crippen LogP contribution in [0.5, 0.6) is 0 Å². The second kappa shape index (κ2) is 4.49. The van der Waals surface area contributed by atoms with E-state index in [1.807, 2.05) is 12.3 Å². The first-order valence-electron chi connectivity index (χ1n) is 5.31. The van der Waals surface area contributed by atoms with Crippen LogP contribution in [0, 0.1) is 6.92 Å². The van der Waals surface area contributed by atoms with E-state index in [-0.39, 0.29) is 6.04 Å². The first-order chi connectivity index (χ1) is 7.18. The molecule has 0 aromatic carbocycles. The Morgan fingerprint density at radius 2 is 2.33 bits per heavy atom. The van der Waals surface area contributed by atoms with Gasteiger partial charge in [0.05, 0.1) is 4.47 Å². The molecule has 1 fully saturated rings. The van der Waals surface area contributed by atoms with Gasteiger partial charge in [0.1, 0.15) is 5.82 Å². The number of hydrogen-bond donors (Lipinski definition) is 2. The zero-order valence-corrected chi connectivity index (χ0v) is 10.4. The van der Waals surface area contributed by atoms with Crippen LogP contribution in [0.25, 0.3) is 0 Å². The van der Waals surface area contributed by atoms with Crippen LogP contribution in [0.4, 0.5) is 5.82 Å². The first-order valence-corrected chi connectivity index (χ1v) is 6.11. The Bertz CT molecular complexity index is 354. The molecule has 1 heterocycles. The van der Waals surface area contributed by atoms with Crippen LogP contribution in [0.2, 0.25) is 0 Å². The lowest BCUT2D eigenvalue weighted by Gasteiger charge is -2.19. The molecule has 1 aromatic rings. The second-order valence-corrected chi connectivity index (χ2v) is 4.93. The van der Waals surface area contributed by atoms with Crippen molar-refractivity contribution in [2.24, 2.45) is 5.73 Å². The number of nitrogens with zero attached hydrogens (tertiary/aromatic N) is 1. The van der Waals surface area contributed by atoms with Crippen molar-refractivity contribution in [3.05, 3.63) is 22.3 Å². The Balaban J connectivity index is 2.13. The summed E-state index contributed by atoms with van der Waals surface area (Å²) in [6.45, 7) is 2.06. The van der Waals surface area contributed by atoms with Crippen molar-refractivity contribution < 1.29 is 0 Å². The summed E-state index contributed by atoms with van der Waals surface area (Å²) in [7, 11) is 0. The van der Waals surface area contributed by atoms with Gasteiger partial charge in [-0.2, -0.15) is 0 Å². The molecule has 0 aliphatic heterocycles. The minimum absolute atomic E-state index is 0.263. The summed E-state index contributed by atoms with van der Waals surface area (Å²) in [5, 5.41) is 3.42. The van der Waals surface area contributed by atoms with E-state index in [4.69, 9.17) is 5.73 Å². The van der Waals surface area contributed by atoms with Gasteiger partial charge in [0.2, 0.25) is 0 Å². The fourth-order valence-electron chi connectivity index (χ4n) is 1.98. The first kappa shape index (κ1) is 10.9. The van der Waals surface area contributed by atoms with E-state index in [2.05, 4.69) is 33.2 Å². The largest absolute Gasteiger partial charge is 0.365 e. The number of nitrogens with two attached hydrogens (primary N) is 1. The molecule has 1 aliphatic carbocycles. The monoisotopic (exact) mass is 269 g/mol. The molecule has 3 nitrogen and oxygen atoms in total. The molecule has 4 heteroatoms. The molecule has 0 saturated heterocycles. The van der Waals surface area contributed by atoms with Gasteiger partial charge >= 0.3 is 0 Å². The van der Waals surface area contributed by atoms with Crippen LogP contribution in [0.1, 0.15) is 24.8 Å². The van der Waals surface area contributed by atoms with Gasteiger partial charge in [0.15, 0.2) is 0 Å². The lowest BCUT2D eigenvalue weighted by Crippen LogP contribution is -2.35. The molecular formula is C11H16BrN3. The maximum atomic E-state index is 6.01. The molecule has 15 heavy (non-hydrogen) atoms. The summed E-state index contributed by atoms with van der Waals surface area (Å²) in [6.07, 6.45) is 5.29. The zero-order valence-electron chi connectivity index (χ0n) is 8.83. The number of aromatic nitrogens is 1. The predicted molar refractivity (Wildman–Crippen MR) is 65.9 cm³/mol. The number of pyridine rings is 1. The van der Waals surface area contributed by atoms with Crippen LogP contribution in [-0.2, 0) is 0 Å². The summed E-state index contributed by atoms with van der Waals surface area (Å²) >= 11 is 3.54. The molecule has 2 atom stereocenters. The zero-order chi connectivity index (χ0) is 10.8. The Kier molecular flexibility index (Phi) is 3.26. The molecule has 0 radical (unpaired) electrons. The van der Waals surface area contributed by atoms with Crippen molar-refractivity contribution >= 4 is 21.7 Å². The minimum atomic E-state index is 0.263. The van der Waals surface area contributed by atoms with Gasteiger partial charge in [-0.3, -0.25) is 0 Å². The van der Waals surface area contributed by atoms with E-state index in [0.717, 1.165) is 23.1 Å². The molecule has 82 valence electrons. The predicted octanol–water partition coefficient (Wildman–Crippen LogP) is 2.44. The topological polar surface area (TPSA) is 50.9 Å². The maximum Gasteiger partial charge on any atom is 0.140 e. The van der Waals surface area contributed by atoms with Gasteiger partial charge < -0.3 is 11.1 Å². The van der Waals surface area contributed by atoms with Gasteiger partial charge in [0.25, 0.3) is 0 Å². The van der Waals surface area contributed by atoms with Gasteiger partial charge in [-0.25, -0.2) is 4.98 Å². The highest BCUT2D eigenvalue weighted by atomic mass is 79.9. The van der Waals surface area contributed by atoms with E-state index in [9.17, 15) is 0 Å². The van der Waals surface area contributed by atoms with Crippen LogP contribution >= 0.6 is 15.9 Å². The highest BCUT2D eigenvalue weighted by molar-refractivity contribution is 9.10. The lowest BCUT2D eigenvalue weighted by atomic mass is 10.2. The van der Waals surface area contributed by atoms with Crippen molar-refractivity contribution in [2.45, 2.75) is 38.3 Å². The van der Waals surface area contributed by atoms with Crippen LogP contribution in [0.15, 0.2) is 16.7 Å². The van der Waals surface area contributed by atoms with E-state index >= 15 is 0 Å². The Morgan fingerprint density at radius 3 is 3.00 bits per heavy atom. The van der Waals surface area contributed by atoms with Crippen LogP contribution in [-0.4, -0.2) is 17.1 Å². The molecule has 0 amide bonds. The summed E-state index contributed by atoms with van der Waals surface area (Å²) in [4.78, 5) is 4.32.